The summed E-state index contributed by atoms with van der Waals surface area (Å²) in [5.74, 6) is 1.29. The highest BCUT2D eigenvalue weighted by molar-refractivity contribution is 14.0. The van der Waals surface area contributed by atoms with Gasteiger partial charge in [-0.1, -0.05) is 12.1 Å². The molecule has 1 fully saturated rings. The van der Waals surface area contributed by atoms with Gasteiger partial charge in [0.15, 0.2) is 15.8 Å². The van der Waals surface area contributed by atoms with E-state index in [4.69, 9.17) is 9.47 Å². The monoisotopic (exact) mass is 539 g/mol. The van der Waals surface area contributed by atoms with Crippen LogP contribution in [0.25, 0.3) is 0 Å². The lowest BCUT2D eigenvalue weighted by molar-refractivity contribution is 0.0888. The van der Waals surface area contributed by atoms with Gasteiger partial charge in [0.05, 0.1) is 24.7 Å². The van der Waals surface area contributed by atoms with E-state index < -0.39 is 9.84 Å². The lowest BCUT2D eigenvalue weighted by Gasteiger charge is -2.12. The summed E-state index contributed by atoms with van der Waals surface area (Å²) in [6.45, 7) is 9.04. The maximum Gasteiger partial charge on any atom is 0.191 e. The summed E-state index contributed by atoms with van der Waals surface area (Å²) in [6, 6.07) is 5.35. The Labute approximate surface area is 192 Å². The summed E-state index contributed by atoms with van der Waals surface area (Å²) >= 11 is 0. The highest BCUT2D eigenvalue weighted by Gasteiger charge is 2.15. The second-order valence-corrected chi connectivity index (χ2v) is 9.14. The molecule has 0 aliphatic carbocycles. The van der Waals surface area contributed by atoms with E-state index in [1.807, 2.05) is 26.0 Å². The summed E-state index contributed by atoms with van der Waals surface area (Å²) in [4.78, 5) is 4.95. The van der Waals surface area contributed by atoms with E-state index in [1.165, 1.54) is 6.26 Å². The average Bonchev–Trinajstić information content (AvgIpc) is 3.15. The van der Waals surface area contributed by atoms with Crippen molar-refractivity contribution in [2.45, 2.75) is 38.1 Å². The number of aliphatic imine (C=N–C) groups is 1. The van der Waals surface area contributed by atoms with Crippen LogP contribution in [0.1, 0.15) is 30.9 Å². The smallest absolute Gasteiger partial charge is 0.191 e. The summed E-state index contributed by atoms with van der Waals surface area (Å²) < 4.78 is 34.5. The molecule has 1 heterocycles. The molecular weight excluding hydrogens is 505 g/mol. The van der Waals surface area contributed by atoms with E-state index in [0.29, 0.717) is 17.4 Å². The highest BCUT2D eigenvalue weighted by Crippen LogP contribution is 2.17. The normalized spacial score (nSPS) is 17.1. The summed E-state index contributed by atoms with van der Waals surface area (Å²) in [5, 5.41) is 6.53. The minimum Gasteiger partial charge on any atom is -0.381 e. The van der Waals surface area contributed by atoms with Crippen LogP contribution in [0, 0.1) is 12.8 Å². The van der Waals surface area contributed by atoms with Crippen molar-refractivity contribution >= 4 is 39.8 Å². The third-order valence-corrected chi connectivity index (χ3v) is 5.80. The maximum absolute atomic E-state index is 11.7. The van der Waals surface area contributed by atoms with Crippen molar-refractivity contribution in [3.63, 3.8) is 0 Å². The fourth-order valence-electron chi connectivity index (χ4n) is 3.08. The van der Waals surface area contributed by atoms with E-state index in [-0.39, 0.29) is 24.0 Å². The first-order chi connectivity index (χ1) is 13.4. The summed E-state index contributed by atoms with van der Waals surface area (Å²) in [7, 11) is -3.19. The van der Waals surface area contributed by atoms with Crippen molar-refractivity contribution in [2.24, 2.45) is 10.9 Å². The van der Waals surface area contributed by atoms with Gasteiger partial charge in [-0.15, -0.1) is 24.0 Å². The topological polar surface area (TPSA) is 89.0 Å². The van der Waals surface area contributed by atoms with Crippen LogP contribution in [-0.4, -0.2) is 60.2 Å². The first-order valence-electron chi connectivity index (χ1n) is 9.87. The molecule has 2 rings (SSSR count). The SMILES string of the molecule is CCNC(=NCc1ccc(S(C)(=O)=O)c(C)c1)NCCCOCC1CCOC1.I. The molecule has 9 heteroatoms. The van der Waals surface area contributed by atoms with Gasteiger partial charge in [-0.25, -0.2) is 13.4 Å². The van der Waals surface area contributed by atoms with Gasteiger partial charge in [0.25, 0.3) is 0 Å². The molecule has 1 saturated heterocycles. The molecule has 1 aliphatic heterocycles. The maximum atomic E-state index is 11.7. The molecule has 0 radical (unpaired) electrons. The molecule has 1 aliphatic rings. The Balaban J connectivity index is 0.00000420. The number of hydrogen-bond acceptors (Lipinski definition) is 5. The molecule has 7 nitrogen and oxygen atoms in total. The van der Waals surface area contributed by atoms with Gasteiger partial charge < -0.3 is 20.1 Å². The zero-order valence-electron chi connectivity index (χ0n) is 17.6. The summed E-state index contributed by atoms with van der Waals surface area (Å²) in [5.41, 5.74) is 1.72. The van der Waals surface area contributed by atoms with Crippen LogP contribution in [0.3, 0.4) is 0 Å². The van der Waals surface area contributed by atoms with Crippen molar-refractivity contribution in [3.8, 4) is 0 Å². The van der Waals surface area contributed by atoms with Crippen molar-refractivity contribution in [3.05, 3.63) is 29.3 Å². The van der Waals surface area contributed by atoms with Crippen LogP contribution in [0.4, 0.5) is 0 Å². The minimum atomic E-state index is -3.19. The van der Waals surface area contributed by atoms with Gasteiger partial charge in [-0.2, -0.15) is 0 Å². The first kappa shape index (κ1) is 26.1. The van der Waals surface area contributed by atoms with E-state index in [1.54, 1.807) is 6.07 Å². The minimum absolute atomic E-state index is 0. The number of sulfone groups is 1. The molecule has 1 aromatic rings. The Bertz CT molecular complexity index is 750. The van der Waals surface area contributed by atoms with Gasteiger partial charge in [-0.3, -0.25) is 0 Å². The third kappa shape index (κ3) is 9.63. The fourth-order valence-corrected chi connectivity index (χ4v) is 4.04. The predicted octanol–water partition coefficient (Wildman–Crippen LogP) is 2.51. The van der Waals surface area contributed by atoms with Crippen LogP contribution in [0.2, 0.25) is 0 Å². The Hall–Kier alpha value is -0.910. The Morgan fingerprint density at radius 2 is 2.14 bits per heavy atom. The number of nitrogens with zero attached hydrogens (tertiary/aromatic N) is 1. The van der Waals surface area contributed by atoms with Crippen molar-refractivity contribution < 1.29 is 17.9 Å². The number of aryl methyl sites for hydroxylation is 1. The highest BCUT2D eigenvalue weighted by atomic mass is 127. The average molecular weight is 539 g/mol. The van der Waals surface area contributed by atoms with Crippen molar-refractivity contribution in [1.29, 1.82) is 0 Å². The molecule has 0 bridgehead atoms. The Kier molecular flexibility index (Phi) is 12.1. The second kappa shape index (κ2) is 13.4. The summed E-state index contributed by atoms with van der Waals surface area (Å²) in [6.07, 6.45) is 3.23. The lowest BCUT2D eigenvalue weighted by atomic mass is 10.1. The van der Waals surface area contributed by atoms with Gasteiger partial charge in [0.2, 0.25) is 0 Å². The number of nitrogens with one attached hydrogen (secondary N) is 2. The number of halogens is 1. The number of benzene rings is 1. The third-order valence-electron chi connectivity index (χ3n) is 4.54. The molecule has 0 aromatic heterocycles. The van der Waals surface area contributed by atoms with Crippen LogP contribution < -0.4 is 10.6 Å². The van der Waals surface area contributed by atoms with Gasteiger partial charge in [-0.05, 0) is 43.9 Å². The molecule has 29 heavy (non-hydrogen) atoms. The lowest BCUT2D eigenvalue weighted by Crippen LogP contribution is -2.38. The molecule has 1 aromatic carbocycles. The standard InChI is InChI=1S/C20H33N3O4S.HI/c1-4-21-20(22-9-5-10-26-14-18-8-11-27-15-18)23-13-17-6-7-19(16(2)12-17)28(3,24)25;/h6-7,12,18H,4-5,8-11,13-15H2,1-3H3,(H2,21,22,23);1H. The van der Waals surface area contributed by atoms with Gasteiger partial charge in [0, 0.05) is 38.5 Å². The van der Waals surface area contributed by atoms with Crippen molar-refractivity contribution in [1.82, 2.24) is 10.6 Å². The van der Waals surface area contributed by atoms with Gasteiger partial charge >= 0.3 is 0 Å². The molecule has 166 valence electrons. The predicted molar refractivity (Wildman–Crippen MR) is 127 cm³/mol. The fraction of sp³-hybridized carbons (Fsp3) is 0.650. The molecule has 0 amide bonds. The van der Waals surface area contributed by atoms with E-state index in [0.717, 1.165) is 69.4 Å². The number of ether oxygens (including phenoxy) is 2. The zero-order valence-corrected chi connectivity index (χ0v) is 20.7. The number of rotatable bonds is 10. The molecule has 1 atom stereocenters. The Morgan fingerprint density at radius 1 is 1.34 bits per heavy atom. The largest absolute Gasteiger partial charge is 0.381 e. The number of guanidine groups is 1. The van der Waals surface area contributed by atoms with Crippen LogP contribution in [0.5, 0.6) is 0 Å². The van der Waals surface area contributed by atoms with Crippen LogP contribution in [-0.2, 0) is 25.9 Å². The molecule has 2 N–H and O–H groups in total. The molecule has 0 saturated carbocycles. The van der Waals surface area contributed by atoms with Crippen LogP contribution in [0.15, 0.2) is 28.1 Å². The van der Waals surface area contributed by atoms with Crippen molar-refractivity contribution in [2.75, 3.05) is 45.8 Å². The van der Waals surface area contributed by atoms with E-state index in [2.05, 4.69) is 15.6 Å². The zero-order chi connectivity index (χ0) is 20.4. The first-order valence-corrected chi connectivity index (χ1v) is 11.8. The van der Waals surface area contributed by atoms with Crippen LogP contribution >= 0.6 is 24.0 Å². The second-order valence-electron chi connectivity index (χ2n) is 7.15. The quantitative estimate of drug-likeness (QED) is 0.206. The Morgan fingerprint density at radius 3 is 2.76 bits per heavy atom. The molecular formula is C20H34IN3O4S. The number of hydrogen-bond donors (Lipinski definition) is 2. The van der Waals surface area contributed by atoms with Gasteiger partial charge in [0.1, 0.15) is 0 Å². The molecule has 0 spiro atoms. The molecule has 1 unspecified atom stereocenters. The van der Waals surface area contributed by atoms with E-state index in [9.17, 15) is 8.42 Å². The van der Waals surface area contributed by atoms with E-state index >= 15 is 0 Å².